The maximum Gasteiger partial charge on any atom is 0.469 e. The van der Waals surface area contributed by atoms with Crippen molar-refractivity contribution in [3.63, 3.8) is 0 Å². The van der Waals surface area contributed by atoms with Gasteiger partial charge in [0.25, 0.3) is 0 Å². The number of aryl methyl sites for hydroxylation is 1. The number of phosphoric acid groups is 1. The quantitative estimate of drug-likeness (QED) is 0.443. The van der Waals surface area contributed by atoms with Gasteiger partial charge in [0, 0.05) is 29.4 Å². The van der Waals surface area contributed by atoms with Crippen LogP contribution in [-0.4, -0.2) is 38.3 Å². The van der Waals surface area contributed by atoms with Crippen LogP contribution in [0.5, 0.6) is 0 Å². The summed E-state index contributed by atoms with van der Waals surface area (Å²) in [6.07, 6.45) is 3.71. The van der Waals surface area contributed by atoms with Crippen LogP contribution in [0.25, 0.3) is 10.9 Å². The number of hydrogen-bond acceptors (Lipinski definition) is 3. The third-order valence-electron chi connectivity index (χ3n) is 2.85. The van der Waals surface area contributed by atoms with Crippen molar-refractivity contribution in [2.75, 3.05) is 12.5 Å². The molecule has 0 saturated carbocycles. The summed E-state index contributed by atoms with van der Waals surface area (Å²) >= 11 is 5.04. The van der Waals surface area contributed by atoms with Gasteiger partial charge in [0.05, 0.1) is 6.61 Å². The van der Waals surface area contributed by atoms with Crippen molar-refractivity contribution >= 4 is 36.3 Å². The normalized spacial score (nSPS) is 11.1. The molecule has 1 aromatic carbocycles. The Balaban J connectivity index is 0.000000284. The molecule has 0 radical (unpaired) electrons. The summed E-state index contributed by atoms with van der Waals surface area (Å²) in [4.78, 5) is 29.5. The van der Waals surface area contributed by atoms with E-state index in [4.69, 9.17) is 26.5 Å². The molecule has 2 aromatic rings. The molecule has 0 aliphatic rings. The molecule has 0 saturated heterocycles. The number of benzene rings is 1. The van der Waals surface area contributed by atoms with Gasteiger partial charge in [0.2, 0.25) is 0 Å². The summed E-state index contributed by atoms with van der Waals surface area (Å²) in [6.45, 7) is -0.119. The van der Waals surface area contributed by atoms with Crippen LogP contribution in [0.15, 0.2) is 30.5 Å². The number of para-hydroxylation sites is 1. The minimum atomic E-state index is -4.27. The Labute approximate surface area is 138 Å². The van der Waals surface area contributed by atoms with Gasteiger partial charge in [0.1, 0.15) is 0 Å². The highest BCUT2D eigenvalue weighted by atomic mass is 35.5. The fraction of sp³-hybridized carbons (Fsp3) is 0.357. The first-order valence-electron chi connectivity index (χ1n) is 6.86. The molecule has 0 aliphatic heterocycles. The number of H-pyrrole nitrogens is 1. The second-order valence-corrected chi connectivity index (χ2v) is 6.24. The Bertz CT molecular complexity index is 668. The van der Waals surface area contributed by atoms with Crippen LogP contribution in [0.4, 0.5) is 0 Å². The van der Waals surface area contributed by atoms with E-state index in [0.29, 0.717) is 6.42 Å². The molecule has 128 valence electrons. The van der Waals surface area contributed by atoms with Gasteiger partial charge in [-0.1, -0.05) is 18.2 Å². The number of fused-ring (bicyclic) bond motifs is 1. The summed E-state index contributed by atoms with van der Waals surface area (Å²) in [5.74, 6) is -0.639. The van der Waals surface area contributed by atoms with Crippen LogP contribution in [0.1, 0.15) is 18.4 Å². The Hall–Kier alpha value is -1.37. The third kappa shape index (κ3) is 8.16. The molecule has 0 atom stereocenters. The molecule has 0 amide bonds. The molecule has 1 aromatic heterocycles. The van der Waals surface area contributed by atoms with Crippen LogP contribution in [0.3, 0.4) is 0 Å². The van der Waals surface area contributed by atoms with Crippen LogP contribution in [-0.2, 0) is 20.3 Å². The molecule has 2 rings (SSSR count). The van der Waals surface area contributed by atoms with Crippen molar-refractivity contribution in [1.82, 2.24) is 4.98 Å². The highest BCUT2D eigenvalue weighted by molar-refractivity contribution is 7.46. The largest absolute Gasteiger partial charge is 0.481 e. The number of phosphoric ester groups is 1. The van der Waals surface area contributed by atoms with E-state index in [0.717, 1.165) is 11.9 Å². The highest BCUT2D eigenvalue weighted by Crippen LogP contribution is 2.35. The number of hydrogen-bond donors (Lipinski definition) is 4. The number of nitrogens with one attached hydrogen (secondary N) is 1. The maximum atomic E-state index is 10.4. The lowest BCUT2D eigenvalue weighted by Gasteiger charge is -1.99. The van der Waals surface area contributed by atoms with Gasteiger partial charge in [-0.3, -0.25) is 9.32 Å². The second-order valence-electron chi connectivity index (χ2n) is 4.62. The van der Waals surface area contributed by atoms with Crippen molar-refractivity contribution in [1.29, 1.82) is 0 Å². The van der Waals surface area contributed by atoms with Crippen molar-refractivity contribution in [2.24, 2.45) is 0 Å². The van der Waals surface area contributed by atoms with E-state index in [-0.39, 0.29) is 18.9 Å². The molecule has 23 heavy (non-hydrogen) atoms. The molecule has 0 spiro atoms. The molecule has 0 bridgehead atoms. The standard InChI is InChI=1S/C12H13NO2.C2H6ClO4P/c14-12(15)7-3-4-9-8-13-11-6-2-1-5-10(9)11;3-1-2-7-8(4,5)6/h1-2,5-6,8,13H,3-4,7H2,(H,14,15);1-2H2,(H2,4,5,6). The maximum absolute atomic E-state index is 10.4. The van der Waals surface area contributed by atoms with Crippen molar-refractivity contribution in [2.45, 2.75) is 19.3 Å². The first-order chi connectivity index (χ1) is 10.8. The summed E-state index contributed by atoms with van der Waals surface area (Å²) in [5, 5.41) is 9.74. The number of aromatic amines is 1. The van der Waals surface area contributed by atoms with E-state index in [1.165, 1.54) is 10.9 Å². The fourth-order valence-corrected chi connectivity index (χ4v) is 2.44. The Morgan fingerprint density at radius 2 is 2.00 bits per heavy atom. The Kier molecular flexibility index (Phi) is 8.30. The number of carbonyl (C=O) groups is 1. The first kappa shape index (κ1) is 19.7. The summed E-state index contributed by atoms with van der Waals surface area (Å²) in [6, 6.07) is 8.06. The minimum Gasteiger partial charge on any atom is -0.481 e. The lowest BCUT2D eigenvalue weighted by Crippen LogP contribution is -1.95. The average Bonchev–Trinajstić information content (AvgIpc) is 2.88. The molecule has 0 aliphatic carbocycles. The van der Waals surface area contributed by atoms with E-state index in [2.05, 4.69) is 15.6 Å². The second kappa shape index (κ2) is 9.70. The first-order valence-corrected chi connectivity index (χ1v) is 8.93. The molecular weight excluding hydrogens is 345 g/mol. The molecule has 4 N–H and O–H groups in total. The molecular formula is C14H19ClNO6P. The van der Waals surface area contributed by atoms with Crippen LogP contribution >= 0.6 is 19.4 Å². The zero-order chi connectivity index (χ0) is 17.3. The van der Waals surface area contributed by atoms with Crippen molar-refractivity contribution in [3.05, 3.63) is 36.0 Å². The van der Waals surface area contributed by atoms with E-state index >= 15 is 0 Å². The van der Waals surface area contributed by atoms with Gasteiger partial charge in [-0.2, -0.15) is 0 Å². The Morgan fingerprint density at radius 1 is 1.30 bits per heavy atom. The lowest BCUT2D eigenvalue weighted by molar-refractivity contribution is -0.137. The smallest absolute Gasteiger partial charge is 0.469 e. The molecule has 1 heterocycles. The molecule has 0 unspecified atom stereocenters. The van der Waals surface area contributed by atoms with Crippen molar-refractivity contribution in [3.8, 4) is 0 Å². The van der Waals surface area contributed by atoms with Crippen LogP contribution in [0, 0.1) is 0 Å². The van der Waals surface area contributed by atoms with Gasteiger partial charge in [0.15, 0.2) is 0 Å². The number of alkyl halides is 1. The fourth-order valence-electron chi connectivity index (χ4n) is 1.92. The number of carboxylic acid groups (broad SMARTS) is 1. The number of aliphatic carboxylic acids is 1. The minimum absolute atomic E-state index is 0.0884. The molecule has 0 fully saturated rings. The van der Waals surface area contributed by atoms with Crippen molar-refractivity contribution < 1.29 is 28.8 Å². The van der Waals surface area contributed by atoms with E-state index in [1.807, 2.05) is 24.4 Å². The third-order valence-corrected chi connectivity index (χ3v) is 3.52. The topological polar surface area (TPSA) is 120 Å². The summed E-state index contributed by atoms with van der Waals surface area (Å²) in [5.41, 5.74) is 2.31. The number of halogens is 1. The van der Waals surface area contributed by atoms with E-state index in [9.17, 15) is 9.36 Å². The van der Waals surface area contributed by atoms with E-state index < -0.39 is 13.8 Å². The molecule has 9 heteroatoms. The highest BCUT2D eigenvalue weighted by Gasteiger charge is 2.11. The molecule has 7 nitrogen and oxygen atoms in total. The van der Waals surface area contributed by atoms with Gasteiger partial charge in [-0.15, -0.1) is 11.6 Å². The van der Waals surface area contributed by atoms with Crippen LogP contribution in [0.2, 0.25) is 0 Å². The monoisotopic (exact) mass is 363 g/mol. The zero-order valence-electron chi connectivity index (χ0n) is 12.3. The SMILES string of the molecule is O=C(O)CCCc1c[nH]c2ccccc12.O=P(O)(O)OCCCl. The van der Waals surface area contributed by atoms with Gasteiger partial charge < -0.3 is 19.9 Å². The number of aromatic nitrogens is 1. The number of rotatable bonds is 7. The summed E-state index contributed by atoms with van der Waals surface area (Å²) < 4.78 is 13.7. The zero-order valence-corrected chi connectivity index (χ0v) is 14.0. The Morgan fingerprint density at radius 3 is 2.57 bits per heavy atom. The number of carboxylic acids is 1. The van der Waals surface area contributed by atoms with Gasteiger partial charge in [-0.05, 0) is 24.5 Å². The summed E-state index contributed by atoms with van der Waals surface area (Å²) in [7, 11) is -4.27. The van der Waals surface area contributed by atoms with E-state index in [1.54, 1.807) is 0 Å². The predicted molar refractivity (Wildman–Crippen MR) is 87.6 cm³/mol. The van der Waals surface area contributed by atoms with Crippen LogP contribution < -0.4 is 0 Å². The predicted octanol–water partition coefficient (Wildman–Crippen LogP) is 2.91. The van der Waals surface area contributed by atoms with Gasteiger partial charge >= 0.3 is 13.8 Å². The van der Waals surface area contributed by atoms with Gasteiger partial charge in [-0.25, -0.2) is 4.57 Å². The average molecular weight is 364 g/mol. The lowest BCUT2D eigenvalue weighted by atomic mass is 10.1.